The van der Waals surface area contributed by atoms with Gasteiger partial charge in [-0.1, -0.05) is 15.3 Å². The van der Waals surface area contributed by atoms with Crippen LogP contribution in [0.4, 0.5) is 0 Å². The van der Waals surface area contributed by atoms with E-state index in [1.54, 1.807) is 0 Å². The molecule has 1 saturated heterocycles. The van der Waals surface area contributed by atoms with Gasteiger partial charge in [-0.3, -0.25) is 9.79 Å². The third kappa shape index (κ3) is 8.00. The highest BCUT2D eigenvalue weighted by molar-refractivity contribution is 7.40. The molecule has 0 spiro atoms. The molecule has 2 aromatic carbocycles. The predicted molar refractivity (Wildman–Crippen MR) is 149 cm³/mol. The van der Waals surface area contributed by atoms with Gasteiger partial charge >= 0.3 is 0 Å². The number of carbonyl (C=O) groups excluding carboxylic acids is 1. The lowest BCUT2D eigenvalue weighted by molar-refractivity contribution is 0.0980. The number of ether oxygens (including phenoxy) is 3. The fraction of sp³-hybridized carbons (Fsp3) is 0.517. The summed E-state index contributed by atoms with van der Waals surface area (Å²) in [5, 5.41) is 11.3. The number of likely N-dealkylation sites (tertiary alicyclic amines) is 1. The summed E-state index contributed by atoms with van der Waals surface area (Å²) in [5.74, 6) is 2.26. The van der Waals surface area contributed by atoms with E-state index >= 15 is 0 Å². The van der Waals surface area contributed by atoms with Gasteiger partial charge in [0, 0.05) is 24.0 Å². The summed E-state index contributed by atoms with van der Waals surface area (Å²) in [5.41, 5.74) is 2.34. The van der Waals surface area contributed by atoms with E-state index in [1.165, 1.54) is 12.8 Å². The number of aliphatic imine (C=N–C) groups is 1. The Morgan fingerprint density at radius 3 is 2.46 bits per heavy atom. The maximum Gasteiger partial charge on any atom is 0.162 e. The van der Waals surface area contributed by atoms with Crippen LogP contribution in [0.3, 0.4) is 0 Å². The maximum absolute atomic E-state index is 12.7. The SMILES string of the molecule is CC(C)Oc1ccc(C(=O)CCCC(P)=N[C@H](CN2CCCC2)[C@H](O)c2ccc3c(c2)OCCO3)cc1. The van der Waals surface area contributed by atoms with Gasteiger partial charge in [-0.15, -0.1) is 0 Å². The van der Waals surface area contributed by atoms with Crippen molar-refractivity contribution in [3.8, 4) is 17.2 Å². The minimum absolute atomic E-state index is 0.101. The van der Waals surface area contributed by atoms with E-state index in [1.807, 2.05) is 56.3 Å². The second kappa shape index (κ2) is 13.4. The van der Waals surface area contributed by atoms with E-state index < -0.39 is 6.10 Å². The number of aliphatic hydroxyl groups excluding tert-OH is 1. The molecule has 2 aliphatic heterocycles. The lowest BCUT2D eigenvalue weighted by Gasteiger charge is -2.27. The molecule has 2 heterocycles. The number of hydrogen-bond acceptors (Lipinski definition) is 7. The van der Waals surface area contributed by atoms with Gasteiger partial charge in [0.2, 0.25) is 0 Å². The van der Waals surface area contributed by atoms with Crippen molar-refractivity contribution in [2.45, 2.75) is 64.2 Å². The van der Waals surface area contributed by atoms with Gasteiger partial charge in [-0.25, -0.2) is 0 Å². The van der Waals surface area contributed by atoms with Crippen LogP contribution in [0.15, 0.2) is 47.5 Å². The van der Waals surface area contributed by atoms with E-state index in [9.17, 15) is 9.90 Å². The Bertz CT molecular complexity index is 1070. The summed E-state index contributed by atoms with van der Waals surface area (Å²) in [6, 6.07) is 12.6. The van der Waals surface area contributed by atoms with Crippen molar-refractivity contribution in [2.75, 3.05) is 32.8 Å². The first-order valence-electron chi connectivity index (χ1n) is 13.3. The highest BCUT2D eigenvalue weighted by Crippen LogP contribution is 2.34. The van der Waals surface area contributed by atoms with Gasteiger partial charge < -0.3 is 24.2 Å². The third-order valence-corrected chi connectivity index (χ3v) is 7.07. The van der Waals surface area contributed by atoms with Crippen molar-refractivity contribution < 1.29 is 24.1 Å². The molecule has 0 amide bonds. The standard InChI is InChI=1S/C29H39N2O5P/c1-20(2)36-23-11-8-21(9-12-23)25(32)6-5-7-28(37)30-24(19-31-14-3-4-15-31)29(33)22-10-13-26-27(18-22)35-17-16-34-26/h8-13,18,20,24,29,33H,3-7,14-17,19,37H2,1-2H3/t24-,29-/m1/s1. The Hall–Kier alpha value is -2.47. The number of carbonyl (C=O) groups is 1. The van der Waals surface area contributed by atoms with Crippen molar-refractivity contribution in [2.24, 2.45) is 4.99 Å². The number of aliphatic hydroxyl groups is 1. The van der Waals surface area contributed by atoms with E-state index in [2.05, 4.69) is 14.1 Å². The normalized spacial score (nSPS) is 17.6. The minimum atomic E-state index is -0.764. The zero-order valence-corrected chi connectivity index (χ0v) is 23.1. The van der Waals surface area contributed by atoms with Crippen LogP contribution >= 0.6 is 9.24 Å². The van der Waals surface area contributed by atoms with E-state index in [0.29, 0.717) is 56.1 Å². The molecule has 1 unspecified atom stereocenters. The van der Waals surface area contributed by atoms with Crippen LogP contribution < -0.4 is 14.2 Å². The zero-order chi connectivity index (χ0) is 26.2. The van der Waals surface area contributed by atoms with Crippen molar-refractivity contribution in [1.29, 1.82) is 0 Å². The molecule has 8 heteroatoms. The molecule has 0 bridgehead atoms. The Kier molecular flexibility index (Phi) is 9.95. The first-order valence-corrected chi connectivity index (χ1v) is 13.9. The molecular weight excluding hydrogens is 487 g/mol. The summed E-state index contributed by atoms with van der Waals surface area (Å²) in [6.45, 7) is 7.75. The Morgan fingerprint density at radius 1 is 1.05 bits per heavy atom. The van der Waals surface area contributed by atoms with E-state index in [-0.39, 0.29) is 17.9 Å². The van der Waals surface area contributed by atoms with Crippen molar-refractivity contribution >= 4 is 20.5 Å². The molecule has 0 saturated carbocycles. The van der Waals surface area contributed by atoms with Crippen LogP contribution in [0.2, 0.25) is 0 Å². The van der Waals surface area contributed by atoms with Crippen LogP contribution in [0.1, 0.15) is 68.0 Å². The van der Waals surface area contributed by atoms with Gasteiger partial charge in [-0.05, 0) is 94.6 Å². The van der Waals surface area contributed by atoms with Gasteiger partial charge in [0.1, 0.15) is 25.1 Å². The first-order chi connectivity index (χ1) is 17.9. The molecule has 0 aliphatic carbocycles. The number of Topliss-reactive ketones (excluding diaryl/α,β-unsaturated/α-hetero) is 1. The van der Waals surface area contributed by atoms with Crippen LogP contribution in [0, 0.1) is 0 Å². The average Bonchev–Trinajstić information content (AvgIpc) is 3.41. The van der Waals surface area contributed by atoms with Crippen LogP contribution in [-0.4, -0.2) is 66.2 Å². The molecule has 0 aromatic heterocycles. The lowest BCUT2D eigenvalue weighted by atomic mass is 10.0. The number of fused-ring (bicyclic) bond motifs is 1. The number of benzene rings is 2. The lowest BCUT2D eigenvalue weighted by Crippen LogP contribution is -2.33. The smallest absolute Gasteiger partial charge is 0.162 e. The summed E-state index contributed by atoms with van der Waals surface area (Å²) in [7, 11) is 2.72. The predicted octanol–water partition coefficient (Wildman–Crippen LogP) is 5.07. The number of ketones is 1. The Morgan fingerprint density at radius 2 is 1.76 bits per heavy atom. The topological polar surface area (TPSA) is 80.6 Å². The molecule has 2 aromatic rings. The number of nitrogens with zero attached hydrogens (tertiary/aromatic N) is 2. The molecule has 37 heavy (non-hydrogen) atoms. The Labute approximate surface area is 222 Å². The minimum Gasteiger partial charge on any atom is -0.491 e. The molecule has 200 valence electrons. The first kappa shape index (κ1) is 27.6. The summed E-state index contributed by atoms with van der Waals surface area (Å²) < 4.78 is 17.0. The summed E-state index contributed by atoms with van der Waals surface area (Å²) in [6.07, 6.45) is 3.51. The summed E-state index contributed by atoms with van der Waals surface area (Å²) >= 11 is 0. The monoisotopic (exact) mass is 526 g/mol. The average molecular weight is 527 g/mol. The van der Waals surface area contributed by atoms with E-state index in [0.717, 1.165) is 29.9 Å². The molecule has 0 radical (unpaired) electrons. The molecular formula is C29H39N2O5P. The fourth-order valence-corrected chi connectivity index (χ4v) is 5.15. The van der Waals surface area contributed by atoms with Gasteiger partial charge in [-0.2, -0.15) is 0 Å². The highest BCUT2D eigenvalue weighted by Gasteiger charge is 2.26. The van der Waals surface area contributed by atoms with E-state index in [4.69, 9.17) is 19.2 Å². The van der Waals surface area contributed by atoms with Crippen LogP contribution in [-0.2, 0) is 0 Å². The molecule has 1 fully saturated rings. The second-order valence-electron chi connectivity index (χ2n) is 10.0. The largest absolute Gasteiger partial charge is 0.491 e. The highest BCUT2D eigenvalue weighted by atomic mass is 31.0. The second-order valence-corrected chi connectivity index (χ2v) is 10.7. The number of rotatable bonds is 12. The van der Waals surface area contributed by atoms with Gasteiger partial charge in [0.25, 0.3) is 0 Å². The van der Waals surface area contributed by atoms with Crippen molar-refractivity contribution in [3.63, 3.8) is 0 Å². The van der Waals surface area contributed by atoms with Gasteiger partial charge in [0.05, 0.1) is 12.1 Å². The zero-order valence-electron chi connectivity index (χ0n) is 21.9. The van der Waals surface area contributed by atoms with Gasteiger partial charge in [0.15, 0.2) is 17.3 Å². The van der Waals surface area contributed by atoms with Crippen LogP contribution in [0.5, 0.6) is 17.2 Å². The number of hydrogen-bond donors (Lipinski definition) is 1. The van der Waals surface area contributed by atoms with Crippen molar-refractivity contribution in [3.05, 3.63) is 53.6 Å². The van der Waals surface area contributed by atoms with Crippen molar-refractivity contribution in [1.82, 2.24) is 4.90 Å². The third-order valence-electron chi connectivity index (χ3n) is 6.63. The fourth-order valence-electron chi connectivity index (χ4n) is 4.75. The Balaban J connectivity index is 1.37. The molecule has 1 N–H and O–H groups in total. The quantitative estimate of drug-likeness (QED) is 0.236. The molecule has 7 nitrogen and oxygen atoms in total. The van der Waals surface area contributed by atoms with Crippen LogP contribution in [0.25, 0.3) is 0 Å². The maximum atomic E-state index is 12.7. The molecule has 2 aliphatic rings. The molecule has 4 rings (SSSR count). The summed E-state index contributed by atoms with van der Waals surface area (Å²) in [4.78, 5) is 20.0. The molecule has 3 atom stereocenters.